The van der Waals surface area contributed by atoms with Crippen molar-refractivity contribution in [2.24, 2.45) is 0 Å². The van der Waals surface area contributed by atoms with Gasteiger partial charge >= 0.3 is 15.8 Å². The van der Waals surface area contributed by atoms with Crippen LogP contribution in [0.5, 0.6) is 5.75 Å². The molecule has 0 aliphatic carbocycles. The molecule has 1 rings (SSSR count). The number of hydrogen-bond acceptors (Lipinski definition) is 6. The molecule has 2 N–H and O–H groups in total. The van der Waals surface area contributed by atoms with Gasteiger partial charge in [0.2, 0.25) is 10.3 Å². The fraction of sp³-hybridized carbons (Fsp3) is 0.143. The summed E-state index contributed by atoms with van der Waals surface area (Å²) >= 11 is 5.57. The fourth-order valence-corrected chi connectivity index (χ4v) is 3.86. The summed E-state index contributed by atoms with van der Waals surface area (Å²) in [5.74, 6) is -0.380. The summed E-state index contributed by atoms with van der Waals surface area (Å²) in [6.45, 7) is 0. The van der Waals surface area contributed by atoms with Gasteiger partial charge in [-0.05, 0) is 0 Å². The van der Waals surface area contributed by atoms with Gasteiger partial charge in [0.15, 0.2) is 4.98 Å². The summed E-state index contributed by atoms with van der Waals surface area (Å²) in [5.41, 5.74) is -0.864. The molecular weight excluding hydrogens is 404 g/mol. The first kappa shape index (κ1) is 19.0. The number of halogens is 2. The lowest BCUT2D eigenvalue weighted by Crippen LogP contribution is -3.00. The molecule has 1 aromatic carbocycles. The van der Waals surface area contributed by atoms with E-state index in [9.17, 15) is 16.8 Å². The Balaban J connectivity index is 0.00000361. The lowest BCUT2D eigenvalue weighted by Gasteiger charge is -2.08. The van der Waals surface area contributed by atoms with Crippen LogP contribution in [0.2, 0.25) is 5.02 Å². The van der Waals surface area contributed by atoms with Gasteiger partial charge in [0.1, 0.15) is 15.7 Å². The maximum Gasteiger partial charge on any atom is 0.411 e. The maximum atomic E-state index is 11.2. The van der Waals surface area contributed by atoms with Crippen LogP contribution in [0, 0.1) is 5.39 Å². The topological polar surface area (TPSA) is 146 Å². The molecule has 0 radical (unpaired) electrons. The minimum atomic E-state index is -5.14. The van der Waals surface area contributed by atoms with E-state index in [2.05, 4.69) is 9.71 Å². The van der Waals surface area contributed by atoms with Crippen molar-refractivity contribution in [3.8, 4) is 5.75 Å². The molecule has 0 aromatic heterocycles. The zero-order valence-corrected chi connectivity index (χ0v) is 13.5. The largest absolute Gasteiger partial charge is 1.00 e. The van der Waals surface area contributed by atoms with Gasteiger partial charge in [0, 0.05) is 0 Å². The second-order valence-corrected chi connectivity index (χ2v) is 6.22. The highest BCUT2D eigenvalue weighted by molar-refractivity contribution is 7.89. The first-order valence-electron chi connectivity index (χ1n) is 4.24. The van der Waals surface area contributed by atoms with Crippen molar-refractivity contribution in [2.75, 3.05) is 7.11 Å². The van der Waals surface area contributed by atoms with Crippen molar-refractivity contribution >= 4 is 37.5 Å². The van der Waals surface area contributed by atoms with Crippen LogP contribution in [0.3, 0.4) is 0 Å². The highest BCUT2D eigenvalue weighted by Crippen LogP contribution is 2.42. The van der Waals surface area contributed by atoms with Crippen LogP contribution in [-0.4, -0.2) is 33.1 Å². The Morgan fingerprint density at radius 3 is 1.95 bits per heavy atom. The molecule has 0 heterocycles. The van der Waals surface area contributed by atoms with E-state index in [0.29, 0.717) is 0 Å². The van der Waals surface area contributed by atoms with Crippen LogP contribution in [0.25, 0.3) is 4.98 Å². The van der Waals surface area contributed by atoms with Gasteiger partial charge < -0.3 is 21.7 Å². The average Bonchev–Trinajstić information content (AvgIpc) is 2.25. The third-order valence-corrected chi connectivity index (χ3v) is 4.44. The number of ether oxygens (including phenoxy) is 1. The smallest absolute Gasteiger partial charge is 0.411 e. The Morgan fingerprint density at radius 2 is 1.65 bits per heavy atom. The SMILES string of the molecule is COc1cc([N+]#N)c(S(=O)(=O)O)c(S(=O)(=O)O)c1Cl.[Br-]. The monoisotopic (exact) mass is 408 g/mol. The van der Waals surface area contributed by atoms with Crippen LogP contribution in [0.4, 0.5) is 5.69 Å². The molecule has 0 saturated heterocycles. The Kier molecular flexibility index (Phi) is 5.90. The Labute approximate surface area is 129 Å². The van der Waals surface area contributed by atoms with E-state index in [1.54, 1.807) is 0 Å². The van der Waals surface area contributed by atoms with Gasteiger partial charge in [-0.15, -0.1) is 0 Å². The molecule has 0 aliphatic heterocycles. The number of nitrogens with zero attached hydrogens (tertiary/aromatic N) is 2. The van der Waals surface area contributed by atoms with Crippen LogP contribution in [0.15, 0.2) is 15.9 Å². The Hall–Kier alpha value is -0.970. The molecule has 112 valence electrons. The van der Waals surface area contributed by atoms with E-state index in [-0.39, 0.29) is 22.7 Å². The molecular formula is C7H6BrClN2O7S2. The first-order valence-corrected chi connectivity index (χ1v) is 7.50. The average molecular weight is 410 g/mol. The summed E-state index contributed by atoms with van der Waals surface area (Å²) in [6, 6.07) is 0.764. The first-order chi connectivity index (χ1) is 8.54. The zero-order valence-electron chi connectivity index (χ0n) is 9.48. The van der Waals surface area contributed by atoms with Crippen LogP contribution < -0.4 is 21.7 Å². The number of benzene rings is 1. The number of rotatable bonds is 3. The summed E-state index contributed by atoms with van der Waals surface area (Å²) in [6.07, 6.45) is 0. The molecule has 9 nitrogen and oxygen atoms in total. The van der Waals surface area contributed by atoms with Crippen molar-refractivity contribution < 1.29 is 47.7 Å². The van der Waals surface area contributed by atoms with Gasteiger partial charge in [-0.3, -0.25) is 9.11 Å². The molecule has 0 atom stereocenters. The molecule has 0 aliphatic rings. The normalized spacial score (nSPS) is 11.3. The maximum absolute atomic E-state index is 11.2. The second-order valence-electron chi connectivity index (χ2n) is 3.12. The van der Waals surface area contributed by atoms with Gasteiger partial charge in [-0.2, -0.15) is 16.8 Å². The summed E-state index contributed by atoms with van der Waals surface area (Å²) in [7, 11) is -9.20. The molecule has 0 unspecified atom stereocenters. The van der Waals surface area contributed by atoms with Crippen molar-refractivity contribution in [1.82, 2.24) is 0 Å². The molecule has 0 saturated carbocycles. The van der Waals surface area contributed by atoms with Crippen LogP contribution in [0.1, 0.15) is 0 Å². The third kappa shape index (κ3) is 3.57. The highest BCUT2D eigenvalue weighted by atomic mass is 79.9. The van der Waals surface area contributed by atoms with Crippen molar-refractivity contribution in [1.29, 1.82) is 5.39 Å². The van der Waals surface area contributed by atoms with Gasteiger partial charge in [0.05, 0.1) is 13.2 Å². The second kappa shape index (κ2) is 6.20. The van der Waals surface area contributed by atoms with E-state index in [4.69, 9.17) is 26.1 Å². The summed E-state index contributed by atoms with van der Waals surface area (Å²) in [4.78, 5) is -0.194. The molecule has 13 heteroatoms. The van der Waals surface area contributed by atoms with Crippen LogP contribution >= 0.6 is 11.6 Å². The lowest BCUT2D eigenvalue weighted by molar-refractivity contribution is -0.0000125. The third-order valence-electron chi connectivity index (χ3n) is 1.97. The molecule has 20 heavy (non-hydrogen) atoms. The van der Waals surface area contributed by atoms with Crippen molar-refractivity contribution in [2.45, 2.75) is 9.79 Å². The van der Waals surface area contributed by atoms with E-state index in [1.165, 1.54) is 0 Å². The van der Waals surface area contributed by atoms with E-state index < -0.39 is 40.7 Å². The number of diazo groups is 1. The molecule has 0 bridgehead atoms. The molecule has 0 amide bonds. The highest BCUT2D eigenvalue weighted by Gasteiger charge is 2.38. The Bertz CT molecular complexity index is 784. The zero-order chi connectivity index (χ0) is 15.0. The molecule has 1 aromatic rings. The summed E-state index contributed by atoms with van der Waals surface area (Å²) < 4.78 is 67.2. The van der Waals surface area contributed by atoms with Gasteiger partial charge in [-0.1, -0.05) is 11.6 Å². The molecule has 0 fully saturated rings. The predicted molar refractivity (Wildman–Crippen MR) is 62.4 cm³/mol. The lowest BCUT2D eigenvalue weighted by atomic mass is 10.3. The van der Waals surface area contributed by atoms with E-state index >= 15 is 0 Å². The fourth-order valence-electron chi connectivity index (χ4n) is 1.28. The molecule has 0 spiro atoms. The standard InChI is InChI=1S/C7H5ClN2O7S2.BrH/c1-17-4-2-3(10-9)6(18(11,12)13)7(5(4)8)19(14,15)16;/h2H,1H3,(H-,11,12,13,14,15,16);1H. The van der Waals surface area contributed by atoms with Gasteiger partial charge in [-0.25, -0.2) is 0 Å². The van der Waals surface area contributed by atoms with E-state index in [1.807, 2.05) is 0 Å². The summed E-state index contributed by atoms with van der Waals surface area (Å²) in [5, 5.41) is 7.87. The minimum absolute atomic E-state index is 0. The predicted octanol–water partition coefficient (Wildman–Crippen LogP) is -1.67. The van der Waals surface area contributed by atoms with Crippen molar-refractivity contribution in [3.63, 3.8) is 0 Å². The Morgan fingerprint density at radius 1 is 1.20 bits per heavy atom. The van der Waals surface area contributed by atoms with Gasteiger partial charge in [0.25, 0.3) is 10.1 Å². The van der Waals surface area contributed by atoms with E-state index in [0.717, 1.165) is 13.2 Å². The van der Waals surface area contributed by atoms with Crippen molar-refractivity contribution in [3.05, 3.63) is 16.1 Å². The quantitative estimate of drug-likeness (QED) is 0.445. The number of methoxy groups -OCH3 is 1. The number of hydrogen-bond donors (Lipinski definition) is 2. The minimum Gasteiger partial charge on any atom is -1.00 e. The van der Waals surface area contributed by atoms with Crippen LogP contribution in [-0.2, 0) is 20.2 Å².